The van der Waals surface area contributed by atoms with E-state index in [1.165, 1.54) is 94.9 Å². The minimum absolute atomic E-state index is 0.0624. The first-order chi connectivity index (χ1) is 14.4. The molecule has 7 nitrogen and oxygen atoms in total. The second-order valence-electron chi connectivity index (χ2n) is 7.74. The van der Waals surface area contributed by atoms with Crippen LogP contribution in [0.5, 0.6) is 5.75 Å². The molecule has 0 bridgehead atoms. The third-order valence-corrected chi connectivity index (χ3v) is 5.97. The summed E-state index contributed by atoms with van der Waals surface area (Å²) in [6, 6.07) is 4.97. The molecule has 0 spiro atoms. The number of phosphoric acid groups is 1. The minimum Gasteiger partial charge on any atom is -0.404 e. The fourth-order valence-corrected chi connectivity index (χ4v) is 4.07. The molecule has 0 radical (unpaired) electrons. The summed E-state index contributed by atoms with van der Waals surface area (Å²) in [6.07, 6.45) is 17.3. The molecule has 0 saturated carbocycles. The van der Waals surface area contributed by atoms with Crippen LogP contribution in [-0.4, -0.2) is 16.4 Å². The van der Waals surface area contributed by atoms with E-state index >= 15 is 0 Å². The van der Waals surface area contributed by atoms with Gasteiger partial charge in [0.25, 0.3) is 5.69 Å². The molecule has 0 amide bonds. The molecule has 0 fully saturated rings. The Kier molecular flexibility index (Phi) is 14.4. The molecule has 0 heterocycles. The fourth-order valence-electron chi connectivity index (χ4n) is 3.26. The molecule has 1 unspecified atom stereocenters. The monoisotopic (exact) mass is 443 g/mol. The molecule has 8 heteroatoms. The van der Waals surface area contributed by atoms with Crippen molar-refractivity contribution in [3.8, 4) is 5.75 Å². The first kappa shape index (κ1) is 26.6. The van der Waals surface area contributed by atoms with Crippen LogP contribution in [0.3, 0.4) is 0 Å². The summed E-state index contributed by atoms with van der Waals surface area (Å²) in [6.45, 7) is 2.40. The number of hydrogen-bond acceptors (Lipinski definition) is 5. The van der Waals surface area contributed by atoms with Crippen LogP contribution in [0.15, 0.2) is 24.3 Å². The molecule has 0 aromatic heterocycles. The van der Waals surface area contributed by atoms with Crippen molar-refractivity contribution in [3.63, 3.8) is 0 Å². The Bertz CT molecular complexity index is 623. The van der Waals surface area contributed by atoms with Crippen LogP contribution >= 0.6 is 7.82 Å². The SMILES string of the molecule is CCCCCCCCCCCCCCCCOP(=O)(O)Oc1ccc([N+](=O)[O-])cc1. The van der Waals surface area contributed by atoms with Crippen LogP contribution in [-0.2, 0) is 9.09 Å². The molecule has 1 aromatic carbocycles. The molecule has 0 aliphatic carbocycles. The van der Waals surface area contributed by atoms with E-state index in [0.717, 1.165) is 12.8 Å². The van der Waals surface area contributed by atoms with Crippen LogP contribution in [0.4, 0.5) is 5.69 Å². The van der Waals surface area contributed by atoms with Gasteiger partial charge >= 0.3 is 7.82 Å². The number of benzene rings is 1. The normalized spacial score (nSPS) is 13.1. The van der Waals surface area contributed by atoms with Gasteiger partial charge in [-0.25, -0.2) is 4.57 Å². The number of non-ortho nitro benzene ring substituents is 1. The van der Waals surface area contributed by atoms with Crippen molar-refractivity contribution >= 4 is 13.5 Å². The molecule has 1 rings (SSSR count). The van der Waals surface area contributed by atoms with Gasteiger partial charge in [0.1, 0.15) is 5.75 Å². The quantitative estimate of drug-likeness (QED) is 0.102. The maximum absolute atomic E-state index is 11.9. The van der Waals surface area contributed by atoms with Crippen molar-refractivity contribution in [1.29, 1.82) is 0 Å². The summed E-state index contributed by atoms with van der Waals surface area (Å²) < 4.78 is 21.8. The molecule has 0 aliphatic heterocycles. The van der Waals surface area contributed by atoms with Crippen LogP contribution in [0.1, 0.15) is 96.8 Å². The van der Waals surface area contributed by atoms with Gasteiger partial charge in [-0.3, -0.25) is 19.5 Å². The second kappa shape index (κ2) is 16.3. The Balaban J connectivity index is 1.96. The van der Waals surface area contributed by atoms with Crippen LogP contribution < -0.4 is 4.52 Å². The van der Waals surface area contributed by atoms with Gasteiger partial charge < -0.3 is 4.52 Å². The highest BCUT2D eigenvalue weighted by molar-refractivity contribution is 7.47. The molecule has 1 aromatic rings. The number of hydrogen-bond donors (Lipinski definition) is 1. The number of nitrogens with zero attached hydrogens (tertiary/aromatic N) is 1. The summed E-state index contributed by atoms with van der Waals surface area (Å²) in [5, 5.41) is 10.6. The van der Waals surface area contributed by atoms with Gasteiger partial charge in [-0.05, 0) is 18.6 Å². The van der Waals surface area contributed by atoms with Gasteiger partial charge in [0.2, 0.25) is 0 Å². The van der Waals surface area contributed by atoms with Gasteiger partial charge in [0.15, 0.2) is 0 Å². The average Bonchev–Trinajstić information content (AvgIpc) is 2.71. The summed E-state index contributed by atoms with van der Waals surface area (Å²) in [7, 11) is -4.21. The lowest BCUT2D eigenvalue weighted by Crippen LogP contribution is -1.99. The van der Waals surface area contributed by atoms with E-state index in [0.29, 0.717) is 6.42 Å². The number of rotatable bonds is 19. The summed E-state index contributed by atoms with van der Waals surface area (Å²) in [5.41, 5.74) is -0.113. The Morgan fingerprint density at radius 1 is 0.833 bits per heavy atom. The molecule has 172 valence electrons. The maximum Gasteiger partial charge on any atom is 0.527 e. The van der Waals surface area contributed by atoms with Gasteiger partial charge in [-0.2, -0.15) is 0 Å². The Morgan fingerprint density at radius 2 is 1.27 bits per heavy atom. The van der Waals surface area contributed by atoms with Gasteiger partial charge in [-0.1, -0.05) is 90.4 Å². The average molecular weight is 444 g/mol. The molecule has 30 heavy (non-hydrogen) atoms. The fraction of sp³-hybridized carbons (Fsp3) is 0.727. The number of nitro benzene ring substituents is 1. The van der Waals surface area contributed by atoms with Crippen LogP contribution in [0.25, 0.3) is 0 Å². The Labute approximate surface area is 180 Å². The van der Waals surface area contributed by atoms with Crippen molar-refractivity contribution in [2.75, 3.05) is 6.61 Å². The van der Waals surface area contributed by atoms with E-state index in [4.69, 9.17) is 9.05 Å². The molecular formula is C22H38NO6P. The highest BCUT2D eigenvalue weighted by Gasteiger charge is 2.22. The van der Waals surface area contributed by atoms with Crippen molar-refractivity contribution in [1.82, 2.24) is 0 Å². The number of unbranched alkanes of at least 4 members (excludes halogenated alkanes) is 13. The summed E-state index contributed by atoms with van der Waals surface area (Å²) in [4.78, 5) is 19.8. The predicted octanol–water partition coefficient (Wildman–Crippen LogP) is 7.57. The van der Waals surface area contributed by atoms with E-state index in [1.807, 2.05) is 0 Å². The van der Waals surface area contributed by atoms with Crippen molar-refractivity contribution < 1.29 is 23.4 Å². The Morgan fingerprint density at radius 3 is 1.70 bits per heavy atom. The van der Waals surface area contributed by atoms with Gasteiger partial charge in [0.05, 0.1) is 11.5 Å². The van der Waals surface area contributed by atoms with Gasteiger partial charge in [0, 0.05) is 12.1 Å². The zero-order valence-corrected chi connectivity index (χ0v) is 19.2. The topological polar surface area (TPSA) is 98.9 Å². The molecule has 1 atom stereocenters. The van der Waals surface area contributed by atoms with E-state index in [-0.39, 0.29) is 18.0 Å². The smallest absolute Gasteiger partial charge is 0.404 e. The standard InChI is InChI=1S/C22H38NO6P/c1-2-3-4-5-6-7-8-9-10-11-12-13-14-15-20-28-30(26,27)29-22-18-16-21(17-19-22)23(24)25/h16-19H,2-15,20H2,1H3,(H,26,27). The number of phosphoric ester groups is 1. The minimum atomic E-state index is -4.21. The molecule has 1 N–H and O–H groups in total. The highest BCUT2D eigenvalue weighted by Crippen LogP contribution is 2.44. The van der Waals surface area contributed by atoms with E-state index in [2.05, 4.69) is 6.92 Å². The lowest BCUT2D eigenvalue weighted by molar-refractivity contribution is -0.384. The largest absolute Gasteiger partial charge is 0.527 e. The molecule has 0 saturated heterocycles. The van der Waals surface area contributed by atoms with Crippen LogP contribution in [0, 0.1) is 10.1 Å². The van der Waals surface area contributed by atoms with E-state index in [9.17, 15) is 19.6 Å². The summed E-state index contributed by atoms with van der Waals surface area (Å²) in [5.74, 6) is 0.0624. The van der Waals surface area contributed by atoms with Gasteiger partial charge in [-0.15, -0.1) is 0 Å². The maximum atomic E-state index is 11.9. The molecular weight excluding hydrogens is 405 g/mol. The second-order valence-corrected chi connectivity index (χ2v) is 9.12. The lowest BCUT2D eigenvalue weighted by Gasteiger charge is -2.12. The lowest BCUT2D eigenvalue weighted by atomic mass is 10.0. The van der Waals surface area contributed by atoms with E-state index in [1.54, 1.807) is 0 Å². The van der Waals surface area contributed by atoms with Crippen molar-refractivity contribution in [2.24, 2.45) is 0 Å². The third kappa shape index (κ3) is 13.7. The van der Waals surface area contributed by atoms with Crippen molar-refractivity contribution in [3.05, 3.63) is 34.4 Å². The first-order valence-corrected chi connectivity index (χ1v) is 12.9. The zero-order valence-electron chi connectivity index (χ0n) is 18.3. The summed E-state index contributed by atoms with van der Waals surface area (Å²) >= 11 is 0. The zero-order chi connectivity index (χ0) is 22.1. The third-order valence-electron chi connectivity index (χ3n) is 5.02. The van der Waals surface area contributed by atoms with Crippen molar-refractivity contribution in [2.45, 2.75) is 96.8 Å². The first-order valence-electron chi connectivity index (χ1n) is 11.4. The van der Waals surface area contributed by atoms with E-state index < -0.39 is 12.7 Å². The molecule has 0 aliphatic rings. The highest BCUT2D eigenvalue weighted by atomic mass is 31.2. The Hall–Kier alpha value is -1.43. The number of nitro groups is 1. The predicted molar refractivity (Wildman–Crippen MR) is 120 cm³/mol. The van der Waals surface area contributed by atoms with Crippen LogP contribution in [0.2, 0.25) is 0 Å².